The van der Waals surface area contributed by atoms with E-state index in [1.54, 1.807) is 0 Å². The Morgan fingerprint density at radius 1 is 0.818 bits per heavy atom. The van der Waals surface area contributed by atoms with E-state index in [0.717, 1.165) is 6.42 Å². The smallest absolute Gasteiger partial charge is 0.109 e. The van der Waals surface area contributed by atoms with Crippen LogP contribution in [0.15, 0.2) is 36.4 Å². The van der Waals surface area contributed by atoms with Crippen LogP contribution in [0.4, 0.5) is 0 Å². The minimum Gasteiger partial charge on any atom is -0.369 e. The van der Waals surface area contributed by atoms with Gasteiger partial charge in [-0.05, 0) is 74.0 Å². The molecule has 2 aromatic rings. The lowest BCUT2D eigenvalue weighted by molar-refractivity contribution is 0.0778. The maximum Gasteiger partial charge on any atom is 0.109 e. The fourth-order valence-corrected chi connectivity index (χ4v) is 3.08. The lowest BCUT2D eigenvalue weighted by atomic mass is 9.88. The van der Waals surface area contributed by atoms with Gasteiger partial charge in [-0.3, -0.25) is 0 Å². The zero-order chi connectivity index (χ0) is 16.1. The van der Waals surface area contributed by atoms with Crippen molar-refractivity contribution in [2.24, 2.45) is 5.73 Å². The number of hydrogen-bond acceptors (Lipinski definition) is 2. The highest BCUT2D eigenvalue weighted by Gasteiger charge is 2.22. The van der Waals surface area contributed by atoms with Gasteiger partial charge in [0.05, 0.1) is 0 Å². The predicted octanol–water partition coefficient (Wildman–Crippen LogP) is 4.38. The minimum absolute atomic E-state index is 0.0195. The van der Waals surface area contributed by atoms with Gasteiger partial charge in [0, 0.05) is 6.61 Å². The third-order valence-corrected chi connectivity index (χ3v) is 4.24. The second-order valence-electron chi connectivity index (χ2n) is 6.00. The molecular weight excluding hydrogens is 270 g/mol. The summed E-state index contributed by atoms with van der Waals surface area (Å²) in [6.07, 6.45) is 0.862. The van der Waals surface area contributed by atoms with E-state index in [1.165, 1.54) is 33.4 Å². The van der Waals surface area contributed by atoms with Crippen LogP contribution in [0.2, 0.25) is 0 Å². The van der Waals surface area contributed by atoms with E-state index in [2.05, 4.69) is 64.1 Å². The van der Waals surface area contributed by atoms with Crippen LogP contribution in [-0.2, 0) is 4.74 Å². The quantitative estimate of drug-likeness (QED) is 0.803. The Balaban J connectivity index is 2.52. The van der Waals surface area contributed by atoms with Gasteiger partial charge >= 0.3 is 0 Å². The second-order valence-corrected chi connectivity index (χ2v) is 6.00. The van der Waals surface area contributed by atoms with Crippen molar-refractivity contribution in [3.8, 4) is 0 Å². The van der Waals surface area contributed by atoms with Gasteiger partial charge < -0.3 is 10.5 Å². The van der Waals surface area contributed by atoms with Crippen molar-refractivity contribution in [2.45, 2.75) is 40.2 Å². The molecule has 118 valence electrons. The van der Waals surface area contributed by atoms with Gasteiger partial charge in [-0.2, -0.15) is 0 Å². The molecule has 0 aliphatic heterocycles. The molecule has 0 atom stereocenters. The molecule has 2 rings (SSSR count). The van der Waals surface area contributed by atoms with Crippen molar-refractivity contribution in [2.75, 3.05) is 13.2 Å². The van der Waals surface area contributed by atoms with Crippen molar-refractivity contribution in [3.63, 3.8) is 0 Å². The van der Waals surface area contributed by atoms with Gasteiger partial charge in [-0.1, -0.05) is 36.4 Å². The van der Waals surface area contributed by atoms with E-state index in [4.69, 9.17) is 10.5 Å². The Bertz CT molecular complexity index is 542. The summed E-state index contributed by atoms with van der Waals surface area (Å²) in [6.45, 7) is 9.99. The summed E-state index contributed by atoms with van der Waals surface area (Å²) < 4.78 is 6.30. The van der Waals surface area contributed by atoms with Crippen LogP contribution in [-0.4, -0.2) is 13.2 Å². The average molecular weight is 297 g/mol. The van der Waals surface area contributed by atoms with Gasteiger partial charge in [0.25, 0.3) is 0 Å². The van der Waals surface area contributed by atoms with Crippen molar-refractivity contribution in [1.29, 1.82) is 0 Å². The van der Waals surface area contributed by atoms with E-state index in [0.29, 0.717) is 13.2 Å². The van der Waals surface area contributed by atoms with Crippen molar-refractivity contribution in [3.05, 3.63) is 69.8 Å². The highest BCUT2D eigenvalue weighted by atomic mass is 16.5. The first-order valence-corrected chi connectivity index (χ1v) is 8.00. The zero-order valence-electron chi connectivity index (χ0n) is 14.1. The third-order valence-electron chi connectivity index (χ3n) is 4.24. The minimum atomic E-state index is -0.0195. The number of rotatable bonds is 6. The van der Waals surface area contributed by atoms with Crippen molar-refractivity contribution < 1.29 is 4.74 Å². The third kappa shape index (κ3) is 3.57. The fourth-order valence-electron chi connectivity index (χ4n) is 3.08. The van der Waals surface area contributed by atoms with Crippen molar-refractivity contribution >= 4 is 0 Å². The predicted molar refractivity (Wildman–Crippen MR) is 93.3 cm³/mol. The molecule has 0 amide bonds. The monoisotopic (exact) mass is 297 g/mol. The first kappa shape index (κ1) is 16.7. The molecule has 0 aromatic heterocycles. The van der Waals surface area contributed by atoms with E-state index in [1.807, 2.05) is 0 Å². The number of aryl methyl sites for hydroxylation is 4. The molecule has 22 heavy (non-hydrogen) atoms. The van der Waals surface area contributed by atoms with Gasteiger partial charge in [0.1, 0.15) is 6.10 Å². The Hall–Kier alpha value is -1.64. The Kier molecular flexibility index (Phi) is 5.76. The molecular formula is C20H27NO. The van der Waals surface area contributed by atoms with Crippen LogP contribution in [0.3, 0.4) is 0 Å². The van der Waals surface area contributed by atoms with E-state index >= 15 is 0 Å². The summed E-state index contributed by atoms with van der Waals surface area (Å²) in [5.41, 5.74) is 13.3. The molecule has 0 saturated heterocycles. The molecule has 0 saturated carbocycles. The number of nitrogens with two attached hydrogens (primary N) is 1. The standard InChI is InChI=1S/C20H27NO/c1-14-8-5-9-15(2)18(14)20(22-13-7-12-21)19-16(3)10-6-11-17(19)4/h5-6,8-11,20H,7,12-13,21H2,1-4H3. The van der Waals surface area contributed by atoms with Crippen LogP contribution >= 0.6 is 0 Å². The first-order chi connectivity index (χ1) is 10.6. The largest absolute Gasteiger partial charge is 0.369 e. The SMILES string of the molecule is Cc1cccc(C)c1C(OCCCN)c1c(C)cccc1C. The summed E-state index contributed by atoms with van der Waals surface area (Å²) in [5, 5.41) is 0. The maximum absolute atomic E-state index is 6.30. The summed E-state index contributed by atoms with van der Waals surface area (Å²) in [4.78, 5) is 0. The lowest BCUT2D eigenvalue weighted by Crippen LogP contribution is -2.15. The fraction of sp³-hybridized carbons (Fsp3) is 0.400. The zero-order valence-corrected chi connectivity index (χ0v) is 14.1. The number of ether oxygens (including phenoxy) is 1. The Labute approximate surface area is 134 Å². The van der Waals surface area contributed by atoms with E-state index in [-0.39, 0.29) is 6.10 Å². The highest BCUT2D eigenvalue weighted by molar-refractivity contribution is 5.46. The lowest BCUT2D eigenvalue weighted by Gasteiger charge is -2.25. The van der Waals surface area contributed by atoms with Crippen molar-refractivity contribution in [1.82, 2.24) is 0 Å². The maximum atomic E-state index is 6.30. The molecule has 0 spiro atoms. The number of benzene rings is 2. The molecule has 0 fully saturated rings. The molecule has 2 N–H and O–H groups in total. The molecule has 0 bridgehead atoms. The van der Waals surface area contributed by atoms with Crippen LogP contribution in [0, 0.1) is 27.7 Å². The molecule has 0 heterocycles. The Morgan fingerprint density at radius 3 is 1.59 bits per heavy atom. The first-order valence-electron chi connectivity index (χ1n) is 8.00. The van der Waals surface area contributed by atoms with Gasteiger partial charge in [0.2, 0.25) is 0 Å². The normalized spacial score (nSPS) is 11.2. The van der Waals surface area contributed by atoms with Crippen LogP contribution in [0.5, 0.6) is 0 Å². The molecule has 2 nitrogen and oxygen atoms in total. The van der Waals surface area contributed by atoms with Gasteiger partial charge in [-0.15, -0.1) is 0 Å². The van der Waals surface area contributed by atoms with Crippen LogP contribution in [0.1, 0.15) is 45.9 Å². The summed E-state index contributed by atoms with van der Waals surface area (Å²) in [7, 11) is 0. The molecule has 0 unspecified atom stereocenters. The van der Waals surface area contributed by atoms with Gasteiger partial charge in [0.15, 0.2) is 0 Å². The summed E-state index contributed by atoms with van der Waals surface area (Å²) >= 11 is 0. The van der Waals surface area contributed by atoms with Crippen LogP contribution < -0.4 is 5.73 Å². The van der Waals surface area contributed by atoms with Crippen LogP contribution in [0.25, 0.3) is 0 Å². The summed E-state index contributed by atoms with van der Waals surface area (Å²) in [6, 6.07) is 12.9. The van der Waals surface area contributed by atoms with Gasteiger partial charge in [-0.25, -0.2) is 0 Å². The molecule has 0 aliphatic rings. The van der Waals surface area contributed by atoms with E-state index in [9.17, 15) is 0 Å². The topological polar surface area (TPSA) is 35.2 Å². The van der Waals surface area contributed by atoms with E-state index < -0.39 is 0 Å². The molecule has 0 aliphatic carbocycles. The highest BCUT2D eigenvalue weighted by Crippen LogP contribution is 2.34. The number of hydrogen-bond donors (Lipinski definition) is 1. The molecule has 0 radical (unpaired) electrons. The Morgan fingerprint density at radius 2 is 1.23 bits per heavy atom. The molecule has 2 heteroatoms. The molecule has 2 aromatic carbocycles. The average Bonchev–Trinajstić information content (AvgIpc) is 2.46. The summed E-state index contributed by atoms with van der Waals surface area (Å²) in [5.74, 6) is 0. The second kappa shape index (κ2) is 7.57.